The highest BCUT2D eigenvalue weighted by Crippen LogP contribution is 2.26. The summed E-state index contributed by atoms with van der Waals surface area (Å²) < 4.78 is 5.18. The van der Waals surface area contributed by atoms with Crippen molar-refractivity contribution in [2.24, 2.45) is 0 Å². The minimum Gasteiger partial charge on any atom is -0.480 e. The van der Waals surface area contributed by atoms with Crippen LogP contribution in [0.15, 0.2) is 0 Å². The number of β-amino-alcohol motifs (C(OH)–C–C–N with tert-alkyl or cyclic N) is 1. The lowest BCUT2D eigenvalue weighted by Crippen LogP contribution is -2.54. The van der Waals surface area contributed by atoms with Crippen LogP contribution in [0.2, 0.25) is 0 Å². The number of carboxylic acids is 1. The maximum atomic E-state index is 12.5. The number of aliphatic hydroxyl groups is 1. The number of methoxy groups -OCH3 is 1. The molecule has 2 fully saturated rings. The van der Waals surface area contributed by atoms with Gasteiger partial charge >= 0.3 is 12.0 Å². The SMILES string of the molecule is COC1CC(C(=O)O)N(C(=O)N2CCCC(C)(O)C2)C1. The van der Waals surface area contributed by atoms with Crippen LogP contribution >= 0.6 is 0 Å². The van der Waals surface area contributed by atoms with Crippen LogP contribution in [0.5, 0.6) is 0 Å². The zero-order valence-electron chi connectivity index (χ0n) is 11.9. The van der Waals surface area contributed by atoms with Gasteiger partial charge in [0.05, 0.1) is 18.2 Å². The molecule has 0 aromatic rings. The first-order valence-electron chi connectivity index (χ1n) is 6.87. The Bertz CT molecular complexity index is 398. The van der Waals surface area contributed by atoms with E-state index in [4.69, 9.17) is 4.74 Å². The van der Waals surface area contributed by atoms with E-state index in [1.165, 1.54) is 16.9 Å². The minimum absolute atomic E-state index is 0.242. The number of nitrogens with zero attached hydrogens (tertiary/aromatic N) is 2. The van der Waals surface area contributed by atoms with Crippen LogP contribution in [-0.2, 0) is 9.53 Å². The van der Waals surface area contributed by atoms with Crippen LogP contribution in [0, 0.1) is 0 Å². The number of urea groups is 1. The fourth-order valence-electron chi connectivity index (χ4n) is 2.98. The van der Waals surface area contributed by atoms with Crippen LogP contribution in [-0.4, -0.2) is 76.5 Å². The van der Waals surface area contributed by atoms with Gasteiger partial charge in [-0.1, -0.05) is 0 Å². The highest BCUT2D eigenvalue weighted by molar-refractivity contribution is 5.83. The molecule has 3 unspecified atom stereocenters. The summed E-state index contributed by atoms with van der Waals surface area (Å²) in [5.41, 5.74) is -0.896. The van der Waals surface area contributed by atoms with Crippen molar-refractivity contribution in [3.8, 4) is 0 Å². The fourth-order valence-corrected chi connectivity index (χ4v) is 2.98. The van der Waals surface area contributed by atoms with Gasteiger partial charge in [-0.3, -0.25) is 0 Å². The Labute approximate surface area is 118 Å². The third kappa shape index (κ3) is 3.04. The standard InChI is InChI=1S/C13H22N2O5/c1-13(19)4-3-5-14(8-13)12(18)15-7-9(20-2)6-10(15)11(16)17/h9-10,19H,3-8H2,1-2H3,(H,16,17). The van der Waals surface area contributed by atoms with Gasteiger partial charge in [-0.2, -0.15) is 0 Å². The normalized spacial score (nSPS) is 34.4. The van der Waals surface area contributed by atoms with Crippen molar-refractivity contribution >= 4 is 12.0 Å². The van der Waals surface area contributed by atoms with E-state index in [1.807, 2.05) is 0 Å². The van der Waals surface area contributed by atoms with Crippen molar-refractivity contribution < 1.29 is 24.5 Å². The lowest BCUT2D eigenvalue weighted by Gasteiger charge is -2.39. The van der Waals surface area contributed by atoms with Gasteiger partial charge in [-0.25, -0.2) is 9.59 Å². The molecule has 2 heterocycles. The summed E-state index contributed by atoms with van der Waals surface area (Å²) >= 11 is 0. The minimum atomic E-state index is -1.01. The van der Waals surface area contributed by atoms with E-state index >= 15 is 0 Å². The number of hydrogen-bond acceptors (Lipinski definition) is 4. The van der Waals surface area contributed by atoms with E-state index in [2.05, 4.69) is 0 Å². The Morgan fingerprint density at radius 3 is 2.65 bits per heavy atom. The van der Waals surface area contributed by atoms with Gasteiger partial charge in [0.15, 0.2) is 0 Å². The number of carbonyl (C=O) groups excluding carboxylic acids is 1. The van der Waals surface area contributed by atoms with Crippen LogP contribution < -0.4 is 0 Å². The summed E-state index contributed by atoms with van der Waals surface area (Å²) in [5.74, 6) is -1.01. The molecule has 2 rings (SSSR count). The van der Waals surface area contributed by atoms with E-state index in [0.29, 0.717) is 19.4 Å². The highest BCUT2D eigenvalue weighted by atomic mass is 16.5. The average Bonchev–Trinajstić information content (AvgIpc) is 2.81. The first kappa shape index (κ1) is 15.1. The van der Waals surface area contributed by atoms with Crippen molar-refractivity contribution in [1.29, 1.82) is 0 Å². The highest BCUT2D eigenvalue weighted by Gasteiger charge is 2.43. The van der Waals surface area contributed by atoms with Crippen LogP contribution in [0.3, 0.4) is 0 Å². The molecule has 7 nitrogen and oxygen atoms in total. The smallest absolute Gasteiger partial charge is 0.326 e. The van der Waals surface area contributed by atoms with E-state index in [0.717, 1.165) is 6.42 Å². The first-order chi connectivity index (χ1) is 9.34. The molecular formula is C13H22N2O5. The van der Waals surface area contributed by atoms with Crippen LogP contribution in [0.4, 0.5) is 4.79 Å². The third-order valence-corrected chi connectivity index (χ3v) is 4.07. The quantitative estimate of drug-likeness (QED) is 0.753. The van der Waals surface area contributed by atoms with Gasteiger partial charge in [-0.15, -0.1) is 0 Å². The second-order valence-corrected chi connectivity index (χ2v) is 5.90. The number of likely N-dealkylation sites (tertiary alicyclic amines) is 2. The number of aliphatic carboxylic acids is 1. The monoisotopic (exact) mass is 286 g/mol. The van der Waals surface area contributed by atoms with Crippen LogP contribution in [0.1, 0.15) is 26.2 Å². The Morgan fingerprint density at radius 2 is 2.10 bits per heavy atom. The number of ether oxygens (including phenoxy) is 1. The number of carbonyl (C=O) groups is 2. The van der Waals surface area contributed by atoms with E-state index in [1.54, 1.807) is 6.92 Å². The summed E-state index contributed by atoms with van der Waals surface area (Å²) in [5, 5.41) is 19.3. The average molecular weight is 286 g/mol. The molecule has 20 heavy (non-hydrogen) atoms. The van der Waals surface area contributed by atoms with Crippen molar-refractivity contribution in [1.82, 2.24) is 9.80 Å². The maximum Gasteiger partial charge on any atom is 0.326 e. The Kier molecular flexibility index (Phi) is 4.19. The molecular weight excluding hydrogens is 264 g/mol. The Balaban J connectivity index is 2.08. The lowest BCUT2D eigenvalue weighted by atomic mass is 9.95. The van der Waals surface area contributed by atoms with Gasteiger partial charge in [-0.05, 0) is 19.8 Å². The Hall–Kier alpha value is -1.34. The summed E-state index contributed by atoms with van der Waals surface area (Å²) in [7, 11) is 1.52. The third-order valence-electron chi connectivity index (χ3n) is 4.07. The number of piperidine rings is 1. The summed E-state index contributed by atoms with van der Waals surface area (Å²) in [6, 6.07) is -1.17. The molecule has 2 saturated heterocycles. The zero-order valence-corrected chi connectivity index (χ0v) is 11.9. The molecule has 2 aliphatic rings. The van der Waals surface area contributed by atoms with Gasteiger partial charge in [0.2, 0.25) is 0 Å². The van der Waals surface area contributed by atoms with E-state index < -0.39 is 17.6 Å². The largest absolute Gasteiger partial charge is 0.480 e. The second kappa shape index (κ2) is 5.57. The molecule has 0 radical (unpaired) electrons. The molecule has 0 aromatic carbocycles. The predicted molar refractivity (Wildman–Crippen MR) is 70.4 cm³/mol. The molecule has 3 atom stereocenters. The van der Waals surface area contributed by atoms with E-state index in [9.17, 15) is 19.8 Å². The predicted octanol–water partition coefficient (Wildman–Crippen LogP) is 0.127. The molecule has 0 aromatic heterocycles. The van der Waals surface area contributed by atoms with Crippen molar-refractivity contribution in [2.45, 2.75) is 43.9 Å². The number of hydrogen-bond donors (Lipinski definition) is 2. The maximum absolute atomic E-state index is 12.5. The molecule has 2 amide bonds. The van der Waals surface area contributed by atoms with Crippen LogP contribution in [0.25, 0.3) is 0 Å². The van der Waals surface area contributed by atoms with Gasteiger partial charge < -0.3 is 24.7 Å². The summed E-state index contributed by atoms with van der Waals surface area (Å²) in [6.07, 6.45) is 1.44. The second-order valence-electron chi connectivity index (χ2n) is 5.90. The number of amides is 2. The molecule has 2 N–H and O–H groups in total. The fraction of sp³-hybridized carbons (Fsp3) is 0.846. The van der Waals surface area contributed by atoms with Crippen molar-refractivity contribution in [3.05, 3.63) is 0 Å². The molecule has 0 spiro atoms. The Morgan fingerprint density at radius 1 is 1.40 bits per heavy atom. The summed E-state index contributed by atoms with van der Waals surface area (Å²) in [4.78, 5) is 26.6. The first-order valence-corrected chi connectivity index (χ1v) is 6.87. The van der Waals surface area contributed by atoms with Crippen molar-refractivity contribution in [3.63, 3.8) is 0 Å². The molecule has 2 aliphatic heterocycles. The molecule has 7 heteroatoms. The van der Waals surface area contributed by atoms with Gasteiger partial charge in [0.25, 0.3) is 0 Å². The van der Waals surface area contributed by atoms with Crippen molar-refractivity contribution in [2.75, 3.05) is 26.7 Å². The van der Waals surface area contributed by atoms with Gasteiger partial charge in [0, 0.05) is 26.6 Å². The van der Waals surface area contributed by atoms with E-state index in [-0.39, 0.29) is 25.2 Å². The topological polar surface area (TPSA) is 90.3 Å². The van der Waals surface area contributed by atoms with Gasteiger partial charge in [0.1, 0.15) is 6.04 Å². The molecule has 0 saturated carbocycles. The zero-order chi connectivity index (χ0) is 14.9. The summed E-state index contributed by atoms with van der Waals surface area (Å²) in [6.45, 7) is 2.77. The number of rotatable bonds is 2. The lowest BCUT2D eigenvalue weighted by molar-refractivity contribution is -0.141. The molecule has 0 aliphatic carbocycles. The molecule has 114 valence electrons. The number of carboxylic acid groups (broad SMARTS) is 1. The molecule has 0 bridgehead atoms.